The fourth-order valence-corrected chi connectivity index (χ4v) is 6.31. The second kappa shape index (κ2) is 8.81. The highest BCUT2D eigenvalue weighted by molar-refractivity contribution is 7.99. The van der Waals surface area contributed by atoms with Gasteiger partial charge in [0.2, 0.25) is 0 Å². The van der Waals surface area contributed by atoms with Gasteiger partial charge in [0.05, 0.1) is 16.8 Å². The van der Waals surface area contributed by atoms with Crippen LogP contribution in [0.15, 0.2) is 70.6 Å². The van der Waals surface area contributed by atoms with Gasteiger partial charge < -0.3 is 0 Å². The number of Topliss-reactive ketones (excluding diaryl/α,β-unsaturated/α-hetero) is 1. The van der Waals surface area contributed by atoms with Gasteiger partial charge in [-0.3, -0.25) is 14.2 Å². The van der Waals surface area contributed by atoms with Gasteiger partial charge >= 0.3 is 0 Å². The van der Waals surface area contributed by atoms with Crippen molar-refractivity contribution in [3.63, 3.8) is 0 Å². The molecule has 0 atom stereocenters. The molecule has 0 saturated carbocycles. The number of carbonyl (C=O) groups is 1. The van der Waals surface area contributed by atoms with Crippen molar-refractivity contribution >= 4 is 39.1 Å². The second-order valence-corrected chi connectivity index (χ2v) is 9.72. The molecular formula is C25H22N2O2S2. The molecule has 2 aromatic heterocycles. The van der Waals surface area contributed by atoms with E-state index < -0.39 is 0 Å². The third-order valence-corrected chi connectivity index (χ3v) is 7.77. The Morgan fingerprint density at radius 3 is 2.45 bits per heavy atom. The molecule has 0 saturated heterocycles. The molecule has 5 rings (SSSR count). The van der Waals surface area contributed by atoms with E-state index >= 15 is 0 Å². The summed E-state index contributed by atoms with van der Waals surface area (Å²) in [4.78, 5) is 33.4. The molecular weight excluding hydrogens is 424 g/mol. The van der Waals surface area contributed by atoms with Crippen LogP contribution in [-0.4, -0.2) is 21.1 Å². The van der Waals surface area contributed by atoms with Gasteiger partial charge in [0.15, 0.2) is 10.9 Å². The average Bonchev–Trinajstić information content (AvgIpc) is 3.00. The summed E-state index contributed by atoms with van der Waals surface area (Å²) in [5.74, 6) is 0.265. The third-order valence-electron chi connectivity index (χ3n) is 5.65. The largest absolute Gasteiger partial charge is 0.293 e. The van der Waals surface area contributed by atoms with E-state index in [0.717, 1.165) is 35.2 Å². The van der Waals surface area contributed by atoms with Gasteiger partial charge in [0, 0.05) is 10.4 Å². The molecule has 0 spiro atoms. The lowest BCUT2D eigenvalue weighted by atomic mass is 10.1. The quantitative estimate of drug-likeness (QED) is 0.171. The van der Waals surface area contributed by atoms with Crippen LogP contribution in [-0.2, 0) is 12.8 Å². The Hall–Kier alpha value is -2.70. The number of hydrogen-bond donors (Lipinski definition) is 0. The van der Waals surface area contributed by atoms with Gasteiger partial charge in [0.25, 0.3) is 5.56 Å². The monoisotopic (exact) mass is 446 g/mol. The van der Waals surface area contributed by atoms with Crippen molar-refractivity contribution in [2.24, 2.45) is 0 Å². The summed E-state index contributed by atoms with van der Waals surface area (Å²) in [6.45, 7) is 0. The molecule has 0 N–H and O–H groups in total. The first kappa shape index (κ1) is 20.2. The van der Waals surface area contributed by atoms with Crippen molar-refractivity contribution in [3.8, 4) is 5.69 Å². The lowest BCUT2D eigenvalue weighted by Crippen LogP contribution is -2.22. The minimum atomic E-state index is -0.0229. The zero-order valence-electron chi connectivity index (χ0n) is 17.0. The SMILES string of the molecule is O=C(CSc1nc2sc3c(c2c(=O)n1-c1ccccc1)CCCCC3)c1ccccc1. The van der Waals surface area contributed by atoms with Gasteiger partial charge in [-0.05, 0) is 43.4 Å². The minimum Gasteiger partial charge on any atom is -0.293 e. The van der Waals surface area contributed by atoms with Crippen molar-refractivity contribution in [3.05, 3.63) is 87.0 Å². The number of aromatic nitrogens is 2. The number of rotatable bonds is 5. The predicted octanol–water partition coefficient (Wildman–Crippen LogP) is 5.69. The Kier molecular flexibility index (Phi) is 5.74. The molecule has 4 nitrogen and oxygen atoms in total. The van der Waals surface area contributed by atoms with Crippen LogP contribution in [0.2, 0.25) is 0 Å². The number of hydrogen-bond acceptors (Lipinski definition) is 5. The number of para-hydroxylation sites is 1. The zero-order valence-corrected chi connectivity index (χ0v) is 18.7. The second-order valence-electron chi connectivity index (χ2n) is 7.69. The van der Waals surface area contributed by atoms with Gasteiger partial charge in [-0.2, -0.15) is 0 Å². The maximum atomic E-state index is 13.7. The Balaban J connectivity index is 1.61. The lowest BCUT2D eigenvalue weighted by Gasteiger charge is -2.12. The standard InChI is InChI=1S/C25H22N2O2S2/c28-20(17-10-4-1-5-11-17)16-30-25-26-23-22(19-14-8-3-9-15-21(19)31-23)24(29)27(25)18-12-6-2-7-13-18/h1-2,4-7,10-13H,3,8-9,14-16H2. The van der Waals surface area contributed by atoms with Gasteiger partial charge in [0.1, 0.15) is 4.83 Å². The molecule has 156 valence electrons. The van der Waals surface area contributed by atoms with Crippen LogP contribution < -0.4 is 5.56 Å². The first-order chi connectivity index (χ1) is 15.2. The summed E-state index contributed by atoms with van der Waals surface area (Å²) >= 11 is 2.99. The van der Waals surface area contributed by atoms with E-state index in [-0.39, 0.29) is 17.1 Å². The van der Waals surface area contributed by atoms with Crippen LogP contribution in [0.25, 0.3) is 15.9 Å². The fourth-order valence-electron chi connectivity index (χ4n) is 4.10. The number of nitrogens with zero attached hydrogens (tertiary/aromatic N) is 2. The lowest BCUT2D eigenvalue weighted by molar-refractivity contribution is 0.102. The molecule has 31 heavy (non-hydrogen) atoms. The molecule has 0 bridgehead atoms. The van der Waals surface area contributed by atoms with E-state index in [0.29, 0.717) is 10.7 Å². The number of ketones is 1. The summed E-state index contributed by atoms with van der Waals surface area (Å²) < 4.78 is 1.68. The predicted molar refractivity (Wildman–Crippen MR) is 128 cm³/mol. The Labute approximate surface area is 189 Å². The van der Waals surface area contributed by atoms with Gasteiger partial charge in [-0.25, -0.2) is 4.98 Å². The van der Waals surface area contributed by atoms with E-state index in [1.807, 2.05) is 60.7 Å². The number of carbonyl (C=O) groups excluding carboxylic acids is 1. The van der Waals surface area contributed by atoms with Crippen molar-refractivity contribution < 1.29 is 4.79 Å². The minimum absolute atomic E-state index is 0.0229. The van der Waals surface area contributed by atoms with Gasteiger partial charge in [-0.1, -0.05) is 66.7 Å². The molecule has 1 aliphatic carbocycles. The van der Waals surface area contributed by atoms with E-state index in [1.165, 1.54) is 35.0 Å². The first-order valence-corrected chi connectivity index (χ1v) is 12.4. The van der Waals surface area contributed by atoms with Crippen LogP contribution in [0.4, 0.5) is 0 Å². The molecule has 0 unspecified atom stereocenters. The first-order valence-electron chi connectivity index (χ1n) is 10.6. The van der Waals surface area contributed by atoms with Crippen molar-refractivity contribution in [1.29, 1.82) is 0 Å². The zero-order chi connectivity index (χ0) is 21.2. The third kappa shape index (κ3) is 3.98. The molecule has 6 heteroatoms. The molecule has 4 aromatic rings. The molecule has 1 aliphatic rings. The van der Waals surface area contributed by atoms with Crippen LogP contribution in [0.1, 0.15) is 40.1 Å². The number of fused-ring (bicyclic) bond motifs is 3. The van der Waals surface area contributed by atoms with Gasteiger partial charge in [-0.15, -0.1) is 11.3 Å². The van der Waals surface area contributed by atoms with Crippen LogP contribution in [0.5, 0.6) is 0 Å². The highest BCUT2D eigenvalue weighted by atomic mass is 32.2. The van der Waals surface area contributed by atoms with E-state index in [1.54, 1.807) is 15.9 Å². The summed E-state index contributed by atoms with van der Waals surface area (Å²) in [6.07, 6.45) is 5.46. The van der Waals surface area contributed by atoms with Crippen LogP contribution >= 0.6 is 23.1 Å². The van der Waals surface area contributed by atoms with Crippen LogP contribution in [0.3, 0.4) is 0 Å². The molecule has 0 fully saturated rings. The van der Waals surface area contributed by atoms with E-state index in [4.69, 9.17) is 4.98 Å². The maximum Gasteiger partial charge on any atom is 0.267 e. The summed E-state index contributed by atoms with van der Waals surface area (Å²) in [5, 5.41) is 1.34. The Bertz CT molecular complexity index is 1290. The van der Waals surface area contributed by atoms with Crippen molar-refractivity contribution in [1.82, 2.24) is 9.55 Å². The highest BCUT2D eigenvalue weighted by Gasteiger charge is 2.22. The average molecular weight is 447 g/mol. The molecule has 0 aliphatic heterocycles. The van der Waals surface area contributed by atoms with E-state index in [9.17, 15) is 9.59 Å². The van der Waals surface area contributed by atoms with Crippen molar-refractivity contribution in [2.45, 2.75) is 37.3 Å². The summed E-state index contributed by atoms with van der Waals surface area (Å²) in [5.41, 5.74) is 2.62. The molecule has 2 heterocycles. The summed E-state index contributed by atoms with van der Waals surface area (Å²) in [7, 11) is 0. The van der Waals surface area contributed by atoms with Crippen molar-refractivity contribution in [2.75, 3.05) is 5.75 Å². The molecule has 2 aromatic carbocycles. The smallest absolute Gasteiger partial charge is 0.267 e. The number of aryl methyl sites for hydroxylation is 2. The number of thiophene rings is 1. The Morgan fingerprint density at radius 2 is 1.68 bits per heavy atom. The maximum absolute atomic E-state index is 13.7. The number of thioether (sulfide) groups is 1. The normalized spacial score (nSPS) is 13.7. The van der Waals surface area contributed by atoms with E-state index in [2.05, 4.69) is 0 Å². The Morgan fingerprint density at radius 1 is 0.968 bits per heavy atom. The number of benzene rings is 2. The topological polar surface area (TPSA) is 52.0 Å². The highest BCUT2D eigenvalue weighted by Crippen LogP contribution is 2.34. The molecule has 0 amide bonds. The fraction of sp³-hybridized carbons (Fsp3) is 0.240. The van der Waals surface area contributed by atoms with Crippen LogP contribution in [0, 0.1) is 0 Å². The molecule has 0 radical (unpaired) electrons. The summed E-state index contributed by atoms with van der Waals surface area (Å²) in [6, 6.07) is 18.9.